The van der Waals surface area contributed by atoms with Crippen molar-refractivity contribution in [3.8, 4) is 0 Å². The third-order valence-electron chi connectivity index (χ3n) is 7.36. The largest absolute Gasteiger partial charge is 0.431 e. The number of carbonyl (C=O) groups excluding carboxylic acids is 6. The highest BCUT2D eigenvalue weighted by atomic mass is 32.2. The number of amides is 6. The van der Waals surface area contributed by atoms with Gasteiger partial charge in [0.25, 0.3) is 22.3 Å². The average Bonchev–Trinajstić information content (AvgIpc) is 3.91. The quantitative estimate of drug-likeness (QED) is 0.0618. The lowest BCUT2D eigenvalue weighted by Crippen LogP contribution is -2.42. The van der Waals surface area contributed by atoms with Gasteiger partial charge in [-0.25, -0.2) is 9.97 Å². The average molecular weight is 845 g/mol. The summed E-state index contributed by atoms with van der Waals surface area (Å²) >= 11 is 14.9. The highest BCUT2D eigenvalue weighted by Gasteiger charge is 2.41. The highest BCUT2D eigenvalue weighted by Crippen LogP contribution is 2.42. The first-order valence-corrected chi connectivity index (χ1v) is 20.4. The van der Waals surface area contributed by atoms with Crippen LogP contribution in [0.2, 0.25) is 0 Å². The first-order chi connectivity index (χ1) is 26.0. The predicted octanol–water partition coefficient (Wildman–Crippen LogP) is 3.64. The summed E-state index contributed by atoms with van der Waals surface area (Å²) in [6.07, 6.45) is 0.451. The van der Waals surface area contributed by atoms with Crippen molar-refractivity contribution in [2.45, 2.75) is 36.1 Å². The van der Waals surface area contributed by atoms with Gasteiger partial charge in [0.2, 0.25) is 23.6 Å². The number of thioether (sulfide) groups is 4. The van der Waals surface area contributed by atoms with Gasteiger partial charge < -0.3 is 8.83 Å². The van der Waals surface area contributed by atoms with Gasteiger partial charge in [-0.15, -0.1) is 0 Å². The van der Waals surface area contributed by atoms with E-state index in [2.05, 4.69) is 31.7 Å². The Morgan fingerprint density at radius 1 is 0.630 bits per heavy atom. The lowest BCUT2D eigenvalue weighted by atomic mass is 10.2. The van der Waals surface area contributed by atoms with E-state index in [0.717, 1.165) is 47.0 Å². The number of hydrogen-bond donors (Lipinski definition) is 4. The molecule has 2 aliphatic rings. The maximum atomic E-state index is 13.3. The van der Waals surface area contributed by atoms with Crippen molar-refractivity contribution in [3.05, 3.63) is 58.3 Å². The van der Waals surface area contributed by atoms with Crippen LogP contribution in [0.4, 0.5) is 0 Å². The lowest BCUT2D eigenvalue weighted by Gasteiger charge is -2.15. The monoisotopic (exact) mass is 844 g/mol. The fraction of sp³-hybridized carbons (Fsp3) is 0.250. The van der Waals surface area contributed by atoms with Gasteiger partial charge in [0.05, 0.1) is 21.3 Å². The molecular formula is C32H28N8O8S6. The van der Waals surface area contributed by atoms with Crippen LogP contribution >= 0.6 is 71.5 Å². The van der Waals surface area contributed by atoms with Crippen LogP contribution < -0.4 is 21.7 Å². The minimum absolute atomic E-state index is 0.0107. The summed E-state index contributed by atoms with van der Waals surface area (Å²) in [6, 6.07) is 14.4. The third-order valence-corrected chi connectivity index (χ3v) is 12.0. The molecule has 0 bridgehead atoms. The van der Waals surface area contributed by atoms with Crippen molar-refractivity contribution in [2.75, 3.05) is 24.6 Å². The SMILES string of the molecule is O=C(CCCN1C(=O)C(=C2SC(=S)N(CCCC(=O)NNC(=O)CSc3nc4ccccc4o3)C2=O)SC1=S)NNC(=O)CSc1nc2ccccc2o1. The summed E-state index contributed by atoms with van der Waals surface area (Å²) in [5.41, 5.74) is 11.9. The van der Waals surface area contributed by atoms with Gasteiger partial charge in [-0.3, -0.25) is 60.3 Å². The molecule has 6 amide bonds. The zero-order valence-electron chi connectivity index (χ0n) is 27.8. The number of fused-ring (bicyclic) bond motifs is 2. The van der Waals surface area contributed by atoms with E-state index in [0.29, 0.717) is 32.6 Å². The van der Waals surface area contributed by atoms with Gasteiger partial charge in [0.15, 0.2) is 11.2 Å². The van der Waals surface area contributed by atoms with E-state index in [4.69, 9.17) is 33.3 Å². The number of aromatic nitrogens is 2. The summed E-state index contributed by atoms with van der Waals surface area (Å²) in [5.74, 6) is -2.85. The van der Waals surface area contributed by atoms with Crippen molar-refractivity contribution in [1.29, 1.82) is 0 Å². The van der Waals surface area contributed by atoms with Crippen molar-refractivity contribution < 1.29 is 37.6 Å². The second-order valence-electron chi connectivity index (χ2n) is 11.2. The van der Waals surface area contributed by atoms with Gasteiger partial charge in [0, 0.05) is 25.9 Å². The number of carbonyl (C=O) groups is 6. The van der Waals surface area contributed by atoms with Crippen LogP contribution in [0.25, 0.3) is 22.2 Å². The summed E-state index contributed by atoms with van der Waals surface area (Å²) in [7, 11) is 0. The molecule has 0 saturated carbocycles. The molecule has 54 heavy (non-hydrogen) atoms. The number of rotatable bonds is 14. The molecule has 0 radical (unpaired) electrons. The first-order valence-electron chi connectivity index (χ1n) is 16.0. The zero-order valence-corrected chi connectivity index (χ0v) is 32.7. The number of nitrogens with one attached hydrogen (secondary N) is 4. The fourth-order valence-electron chi connectivity index (χ4n) is 4.81. The second kappa shape index (κ2) is 18.2. The molecule has 0 aliphatic carbocycles. The molecule has 2 aromatic carbocycles. The molecule has 6 rings (SSSR count). The summed E-state index contributed by atoms with van der Waals surface area (Å²) in [6.45, 7) is 0.231. The number of nitrogens with zero attached hydrogens (tertiary/aromatic N) is 4. The molecule has 0 unspecified atom stereocenters. The van der Waals surface area contributed by atoms with Crippen molar-refractivity contribution in [3.63, 3.8) is 0 Å². The topological polar surface area (TPSA) is 209 Å². The molecule has 2 saturated heterocycles. The molecular weight excluding hydrogens is 817 g/mol. The van der Waals surface area contributed by atoms with Crippen LogP contribution in [0.5, 0.6) is 0 Å². The van der Waals surface area contributed by atoms with Gasteiger partial charge >= 0.3 is 0 Å². The molecule has 16 nitrogen and oxygen atoms in total. The molecule has 0 atom stereocenters. The maximum absolute atomic E-state index is 13.3. The molecule has 0 spiro atoms. The van der Waals surface area contributed by atoms with E-state index in [1.807, 2.05) is 24.3 Å². The summed E-state index contributed by atoms with van der Waals surface area (Å²) in [5, 5.41) is 0.661. The van der Waals surface area contributed by atoms with Gasteiger partial charge in [0.1, 0.15) is 19.7 Å². The Kier molecular flexibility index (Phi) is 13.2. The van der Waals surface area contributed by atoms with Crippen molar-refractivity contribution in [2.24, 2.45) is 0 Å². The Hall–Kier alpha value is -4.48. The number of hydrogen-bond acceptors (Lipinski definition) is 16. The smallest absolute Gasteiger partial charge is 0.267 e. The molecule has 4 aromatic rings. The highest BCUT2D eigenvalue weighted by molar-refractivity contribution is 8.29. The Morgan fingerprint density at radius 2 is 1.02 bits per heavy atom. The van der Waals surface area contributed by atoms with Crippen LogP contribution in [-0.4, -0.2) is 88.4 Å². The van der Waals surface area contributed by atoms with E-state index in [1.54, 1.807) is 24.3 Å². The van der Waals surface area contributed by atoms with Crippen LogP contribution in [0.3, 0.4) is 0 Å². The van der Waals surface area contributed by atoms with E-state index < -0.39 is 35.4 Å². The lowest BCUT2D eigenvalue weighted by molar-refractivity contribution is -0.128. The Balaban J connectivity index is 0.873. The van der Waals surface area contributed by atoms with E-state index in [-0.39, 0.29) is 68.7 Å². The molecule has 22 heteroatoms. The Labute approximate surface area is 334 Å². The summed E-state index contributed by atoms with van der Waals surface area (Å²) < 4.78 is 11.6. The molecule has 2 aliphatic heterocycles. The fourth-order valence-corrected chi connectivity index (χ4v) is 8.86. The number of hydrazine groups is 2. The first kappa shape index (κ1) is 39.2. The number of para-hydroxylation sites is 4. The van der Waals surface area contributed by atoms with Crippen molar-refractivity contribution in [1.82, 2.24) is 41.5 Å². The molecule has 2 aromatic heterocycles. The standard InChI is InChI=1S/C32H28N8O8S6/c41-21(35-37-23(43)15-51-29-33-17-7-1-3-9-19(17)47-29)11-5-13-39-27(45)25(53-31(39)49)26-28(46)40(32(50)54-26)14-6-12-22(42)36-38-24(44)16-52-30-34-18-8-2-4-10-20(18)48-30/h1-4,7-10H,5-6,11-16H2,(H,35,41)(H,36,42)(H,37,43)(H,38,44). The van der Waals surface area contributed by atoms with Crippen molar-refractivity contribution >= 4 is 138 Å². The van der Waals surface area contributed by atoms with Crippen LogP contribution in [0.15, 0.2) is 77.6 Å². The summed E-state index contributed by atoms with van der Waals surface area (Å²) in [4.78, 5) is 87.0. The Morgan fingerprint density at radius 3 is 1.43 bits per heavy atom. The normalized spacial score (nSPS) is 15.8. The predicted molar refractivity (Wildman–Crippen MR) is 211 cm³/mol. The van der Waals surface area contributed by atoms with E-state index in [1.165, 1.54) is 9.80 Å². The van der Waals surface area contributed by atoms with Crippen LogP contribution in [0, 0.1) is 0 Å². The number of thiocarbonyl (C=S) groups is 2. The van der Waals surface area contributed by atoms with Crippen LogP contribution in [-0.2, 0) is 28.8 Å². The number of benzene rings is 2. The minimum atomic E-state index is -0.472. The molecule has 4 N–H and O–H groups in total. The minimum Gasteiger partial charge on any atom is -0.431 e. The molecule has 280 valence electrons. The van der Waals surface area contributed by atoms with E-state index in [9.17, 15) is 28.8 Å². The zero-order chi connectivity index (χ0) is 38.2. The molecule has 4 heterocycles. The third kappa shape index (κ3) is 9.98. The second-order valence-corrected chi connectivity index (χ2v) is 16.3. The van der Waals surface area contributed by atoms with Gasteiger partial charge in [-0.05, 0) is 37.1 Å². The van der Waals surface area contributed by atoms with Gasteiger partial charge in [-0.2, -0.15) is 0 Å². The molecule has 2 fully saturated rings. The van der Waals surface area contributed by atoms with E-state index >= 15 is 0 Å². The van der Waals surface area contributed by atoms with Gasteiger partial charge in [-0.1, -0.05) is 95.7 Å². The van der Waals surface area contributed by atoms with Crippen LogP contribution in [0.1, 0.15) is 25.7 Å². The number of oxazole rings is 2. The maximum Gasteiger partial charge on any atom is 0.267 e. The Bertz CT molecular complexity index is 1990.